The summed E-state index contributed by atoms with van der Waals surface area (Å²) >= 11 is 0. The molecule has 0 aromatic rings. The largest absolute Gasteiger partial charge is 0.285 e. The predicted molar refractivity (Wildman–Crippen MR) is 101 cm³/mol. The Bertz CT molecular complexity index is 798. The minimum atomic E-state index is -0.553. The van der Waals surface area contributed by atoms with Gasteiger partial charge >= 0.3 is 0 Å². The Morgan fingerprint density at radius 2 is 0.808 bits per heavy atom. The number of carbonyl (C=O) groups is 4. The summed E-state index contributed by atoms with van der Waals surface area (Å²) in [4.78, 5) is 49.9. The van der Waals surface area contributed by atoms with Gasteiger partial charge in [0.05, 0.1) is 0 Å². The van der Waals surface area contributed by atoms with E-state index in [0.29, 0.717) is 33.4 Å². The van der Waals surface area contributed by atoms with Gasteiger partial charge in [-0.15, -0.1) is 0 Å². The Morgan fingerprint density at radius 1 is 0.538 bits per heavy atom. The van der Waals surface area contributed by atoms with Crippen LogP contribution in [0.1, 0.15) is 55.4 Å². The third-order valence-corrected chi connectivity index (χ3v) is 4.87. The molecule has 0 unspecified atom stereocenters. The minimum Gasteiger partial charge on any atom is -0.285 e. The Morgan fingerprint density at radius 3 is 1.04 bits per heavy atom. The summed E-state index contributed by atoms with van der Waals surface area (Å²) < 4.78 is 0. The van der Waals surface area contributed by atoms with Crippen molar-refractivity contribution in [3.05, 3.63) is 45.6 Å². The van der Waals surface area contributed by atoms with Crippen molar-refractivity contribution in [3.63, 3.8) is 0 Å². The summed E-state index contributed by atoms with van der Waals surface area (Å²) in [5, 5.41) is 0. The quantitative estimate of drug-likeness (QED) is 0.529. The van der Waals surface area contributed by atoms with Gasteiger partial charge in [-0.1, -0.05) is 41.5 Å². The molecule has 0 amide bonds. The number of ketones is 4. The van der Waals surface area contributed by atoms with Gasteiger partial charge in [0, 0.05) is 22.3 Å². The molecule has 0 bridgehead atoms. The molecule has 0 saturated heterocycles. The smallest absolute Gasteiger partial charge is 0.229 e. The van der Waals surface area contributed by atoms with Crippen LogP contribution in [-0.4, -0.2) is 23.1 Å². The lowest BCUT2D eigenvalue weighted by Gasteiger charge is -2.29. The van der Waals surface area contributed by atoms with Crippen LogP contribution in [-0.2, 0) is 19.2 Å². The third kappa shape index (κ3) is 3.20. The van der Waals surface area contributed by atoms with Crippen LogP contribution in [0.25, 0.3) is 0 Å². The van der Waals surface area contributed by atoms with Gasteiger partial charge in [0.15, 0.2) is 0 Å². The van der Waals surface area contributed by atoms with Crippen molar-refractivity contribution in [2.75, 3.05) is 0 Å². The molecule has 2 rings (SSSR count). The van der Waals surface area contributed by atoms with Crippen LogP contribution < -0.4 is 0 Å². The van der Waals surface area contributed by atoms with Crippen LogP contribution in [0.3, 0.4) is 0 Å². The molecular formula is C22H26O4. The second-order valence-electron chi connectivity index (χ2n) is 9.01. The van der Waals surface area contributed by atoms with Gasteiger partial charge in [-0.05, 0) is 48.0 Å². The minimum absolute atomic E-state index is 0.309. The molecule has 0 aromatic carbocycles. The summed E-state index contributed by atoms with van der Waals surface area (Å²) in [6, 6.07) is 0. The number of hydrogen-bond donors (Lipinski definition) is 0. The van der Waals surface area contributed by atoms with Crippen molar-refractivity contribution in [1.29, 1.82) is 0 Å². The van der Waals surface area contributed by atoms with Crippen molar-refractivity contribution in [2.45, 2.75) is 55.4 Å². The molecular weight excluding hydrogens is 328 g/mol. The SMILES string of the molecule is CC1=C(C2=C(C)C(=O)C(=O)C(C(C)(C)C)=C2)C=C(C(C)(C)C)C(=O)C1=O. The van der Waals surface area contributed by atoms with E-state index in [4.69, 9.17) is 0 Å². The van der Waals surface area contributed by atoms with Crippen LogP contribution >= 0.6 is 0 Å². The van der Waals surface area contributed by atoms with Gasteiger partial charge in [0.2, 0.25) is 23.1 Å². The Kier molecular flexibility index (Phi) is 4.69. The van der Waals surface area contributed by atoms with Gasteiger partial charge in [-0.2, -0.15) is 0 Å². The van der Waals surface area contributed by atoms with Crippen molar-refractivity contribution in [3.8, 4) is 0 Å². The zero-order chi connectivity index (χ0) is 20.2. The maximum atomic E-state index is 12.5. The Hall–Kier alpha value is -2.36. The number of allylic oxidation sites excluding steroid dienone is 8. The first-order chi connectivity index (χ1) is 11.7. The van der Waals surface area contributed by atoms with E-state index in [1.54, 1.807) is 26.0 Å². The Balaban J connectivity index is 2.80. The normalized spacial score (nSPS) is 20.0. The Labute approximate surface area is 154 Å². The zero-order valence-corrected chi connectivity index (χ0v) is 16.8. The topological polar surface area (TPSA) is 68.3 Å². The number of carbonyl (C=O) groups excluding carboxylic acids is 4. The molecule has 0 spiro atoms. The predicted octanol–water partition coefficient (Wildman–Crippen LogP) is 3.87. The van der Waals surface area contributed by atoms with Gasteiger partial charge in [-0.3, -0.25) is 19.2 Å². The number of hydrogen-bond acceptors (Lipinski definition) is 4. The molecule has 2 aliphatic carbocycles. The highest BCUT2D eigenvalue weighted by atomic mass is 16.2. The summed E-state index contributed by atoms with van der Waals surface area (Å²) in [6.07, 6.45) is 3.41. The fourth-order valence-electron chi connectivity index (χ4n) is 3.14. The molecule has 0 aromatic heterocycles. The van der Waals surface area contributed by atoms with Crippen molar-refractivity contribution < 1.29 is 19.2 Å². The molecule has 4 heteroatoms. The highest BCUT2D eigenvalue weighted by molar-refractivity contribution is 6.52. The number of rotatable bonds is 1. The van der Waals surface area contributed by atoms with Crippen LogP contribution in [0.5, 0.6) is 0 Å². The lowest BCUT2D eigenvalue weighted by atomic mass is 9.72. The number of Topliss-reactive ketones (excluding diaryl/α,β-unsaturated/α-hetero) is 4. The summed E-state index contributed by atoms with van der Waals surface area (Å²) in [6.45, 7) is 14.4. The summed E-state index contributed by atoms with van der Waals surface area (Å²) in [5.41, 5.74) is 1.56. The standard InChI is InChI=1S/C22H26O4/c1-11-13(9-15(21(3,4)5)19(25)17(11)23)14-10-16(22(6,7)8)20(26)18(24)12(14)2/h9-10H,1-8H3. The fraction of sp³-hybridized carbons (Fsp3) is 0.455. The van der Waals surface area contributed by atoms with Gasteiger partial charge in [0.25, 0.3) is 0 Å². The molecule has 0 N–H and O–H groups in total. The highest BCUT2D eigenvalue weighted by Crippen LogP contribution is 2.39. The summed E-state index contributed by atoms with van der Waals surface area (Å²) in [5.74, 6) is -2.11. The van der Waals surface area contributed by atoms with E-state index in [1.807, 2.05) is 41.5 Å². The first-order valence-electron chi connectivity index (χ1n) is 8.72. The first-order valence-corrected chi connectivity index (χ1v) is 8.72. The highest BCUT2D eigenvalue weighted by Gasteiger charge is 2.38. The molecule has 0 aliphatic heterocycles. The van der Waals surface area contributed by atoms with Gasteiger partial charge in [-0.25, -0.2) is 0 Å². The summed E-state index contributed by atoms with van der Waals surface area (Å²) in [7, 11) is 0. The molecule has 0 heterocycles. The molecule has 4 nitrogen and oxygen atoms in total. The van der Waals surface area contributed by atoms with Crippen molar-refractivity contribution >= 4 is 23.1 Å². The monoisotopic (exact) mass is 354 g/mol. The van der Waals surface area contributed by atoms with Crippen LogP contribution in [0.15, 0.2) is 45.6 Å². The molecule has 138 valence electrons. The van der Waals surface area contributed by atoms with Crippen LogP contribution in [0, 0.1) is 10.8 Å². The average Bonchev–Trinajstić information content (AvgIpc) is 2.49. The molecule has 0 fully saturated rings. The van der Waals surface area contributed by atoms with E-state index in [9.17, 15) is 19.2 Å². The van der Waals surface area contributed by atoms with Crippen LogP contribution in [0.2, 0.25) is 0 Å². The van der Waals surface area contributed by atoms with E-state index < -0.39 is 34.0 Å². The first kappa shape index (κ1) is 20.0. The van der Waals surface area contributed by atoms with E-state index in [-0.39, 0.29) is 0 Å². The van der Waals surface area contributed by atoms with Crippen molar-refractivity contribution in [2.24, 2.45) is 10.8 Å². The average molecular weight is 354 g/mol. The van der Waals surface area contributed by atoms with Crippen LogP contribution in [0.4, 0.5) is 0 Å². The zero-order valence-electron chi connectivity index (χ0n) is 16.8. The van der Waals surface area contributed by atoms with E-state index >= 15 is 0 Å². The fourth-order valence-corrected chi connectivity index (χ4v) is 3.14. The lowest BCUT2D eigenvalue weighted by molar-refractivity contribution is -0.133. The van der Waals surface area contributed by atoms with Gasteiger partial charge < -0.3 is 0 Å². The molecule has 0 atom stereocenters. The second-order valence-corrected chi connectivity index (χ2v) is 9.01. The third-order valence-electron chi connectivity index (χ3n) is 4.87. The maximum Gasteiger partial charge on any atom is 0.229 e. The second kappa shape index (κ2) is 6.11. The van der Waals surface area contributed by atoms with E-state index in [0.717, 1.165) is 0 Å². The molecule has 2 aliphatic rings. The molecule has 26 heavy (non-hydrogen) atoms. The van der Waals surface area contributed by atoms with E-state index in [1.165, 1.54) is 0 Å². The van der Waals surface area contributed by atoms with Crippen molar-refractivity contribution in [1.82, 2.24) is 0 Å². The lowest BCUT2D eigenvalue weighted by Crippen LogP contribution is -2.32. The molecule has 0 saturated carbocycles. The molecule has 0 radical (unpaired) electrons. The maximum absolute atomic E-state index is 12.5. The van der Waals surface area contributed by atoms with Gasteiger partial charge in [0.1, 0.15) is 0 Å². The van der Waals surface area contributed by atoms with E-state index in [2.05, 4.69) is 0 Å².